The minimum absolute atomic E-state index is 0.289. The van der Waals surface area contributed by atoms with Gasteiger partial charge in [0.1, 0.15) is 0 Å². The zero-order chi connectivity index (χ0) is 19.2. The Hall–Kier alpha value is -1.53. The fourth-order valence-electron chi connectivity index (χ4n) is 6.10. The summed E-state index contributed by atoms with van der Waals surface area (Å²) in [5.41, 5.74) is 1.50. The number of carbonyl (C=O) groups excluding carboxylic acids is 1. The summed E-state index contributed by atoms with van der Waals surface area (Å²) in [4.78, 5) is 14.3. The molecule has 2 bridgehead atoms. The molecule has 1 saturated heterocycles. The summed E-state index contributed by atoms with van der Waals surface area (Å²) in [5.74, 6) is 1.26. The molecule has 2 aliphatic carbocycles. The van der Waals surface area contributed by atoms with E-state index in [2.05, 4.69) is 46.9 Å². The number of methoxy groups -OCH3 is 1. The van der Waals surface area contributed by atoms with Crippen LogP contribution >= 0.6 is 15.9 Å². The smallest absolute Gasteiger partial charge is 0.303 e. The molecule has 2 aliphatic heterocycles. The van der Waals surface area contributed by atoms with Crippen LogP contribution < -0.4 is 9.47 Å². The quantitative estimate of drug-likeness (QED) is 0.407. The molecule has 5 atom stereocenters. The van der Waals surface area contributed by atoms with Gasteiger partial charge in [0.25, 0.3) is 0 Å². The zero-order valence-corrected chi connectivity index (χ0v) is 17.6. The second-order valence-corrected chi connectivity index (χ2v) is 9.67. The number of esters is 1. The third-order valence-corrected chi connectivity index (χ3v) is 8.76. The summed E-state index contributed by atoms with van der Waals surface area (Å²) >= 11 is 4.18. The lowest BCUT2D eigenvalue weighted by atomic mass is 9.49. The number of benzene rings is 1. The van der Waals surface area contributed by atoms with Crippen molar-refractivity contribution in [1.29, 1.82) is 0 Å². The van der Waals surface area contributed by atoms with Crippen molar-refractivity contribution >= 4 is 21.9 Å². The average molecular weight is 434 g/mol. The summed E-state index contributed by atoms with van der Waals surface area (Å²) in [7, 11) is 3.86. The van der Waals surface area contributed by atoms with Crippen molar-refractivity contribution in [1.82, 2.24) is 4.90 Å². The number of rotatable bonds is 2. The number of halogens is 1. The monoisotopic (exact) mass is 433 g/mol. The van der Waals surface area contributed by atoms with Crippen molar-refractivity contribution in [3.8, 4) is 11.5 Å². The van der Waals surface area contributed by atoms with E-state index in [1.807, 2.05) is 12.1 Å². The highest BCUT2D eigenvalue weighted by atomic mass is 79.9. The van der Waals surface area contributed by atoms with Crippen molar-refractivity contribution < 1.29 is 19.0 Å². The fraction of sp³-hybridized carbons (Fsp3) is 0.571. The standard InChI is InChI=1S/C21H24BrNO4/c1-12(24)26-16-7-8-21(22)15-11-13-5-6-14(25-4)18-17(13)20(21,9-10-23(15)3)19(16,2)27-18/h5-8,15-16H,9-11H2,1-4H3/t15-,16+,19+,20+,21+/m0/s1. The maximum atomic E-state index is 11.8. The molecule has 0 amide bonds. The molecule has 1 aromatic carbocycles. The Labute approximate surface area is 167 Å². The Morgan fingerprint density at radius 3 is 2.89 bits per heavy atom. The second kappa shape index (κ2) is 5.29. The van der Waals surface area contributed by atoms with Crippen LogP contribution in [0.25, 0.3) is 0 Å². The Morgan fingerprint density at radius 2 is 2.19 bits per heavy atom. The van der Waals surface area contributed by atoms with E-state index in [0.717, 1.165) is 30.9 Å². The van der Waals surface area contributed by atoms with Gasteiger partial charge in [0.15, 0.2) is 23.2 Å². The summed E-state index contributed by atoms with van der Waals surface area (Å²) in [6.45, 7) is 4.52. The fourth-order valence-corrected chi connectivity index (χ4v) is 7.56. The van der Waals surface area contributed by atoms with Crippen LogP contribution in [0, 0.1) is 0 Å². The molecule has 1 fully saturated rings. The SMILES string of the molecule is COc1ccc2c3c1O[C@]1(C)[C@H](OC(C)=O)C=C[C@@]4(Br)[C@H](C2)N(C)CC[C@]341. The molecule has 1 aromatic rings. The van der Waals surface area contributed by atoms with Crippen molar-refractivity contribution in [3.63, 3.8) is 0 Å². The normalized spacial score (nSPS) is 40.9. The number of likely N-dealkylation sites (N-methyl/N-ethyl adjacent to an activating group) is 1. The zero-order valence-electron chi connectivity index (χ0n) is 16.0. The van der Waals surface area contributed by atoms with E-state index in [0.29, 0.717) is 6.04 Å². The van der Waals surface area contributed by atoms with Gasteiger partial charge in [-0.05, 0) is 51.1 Å². The summed E-state index contributed by atoms with van der Waals surface area (Å²) in [5, 5.41) is 0. The van der Waals surface area contributed by atoms with Crippen LogP contribution in [0.5, 0.6) is 11.5 Å². The predicted octanol–water partition coefficient (Wildman–Crippen LogP) is 2.98. The Bertz CT molecular complexity index is 885. The van der Waals surface area contributed by atoms with Crippen LogP contribution in [0.4, 0.5) is 0 Å². The van der Waals surface area contributed by atoms with Gasteiger partial charge in [-0.3, -0.25) is 4.79 Å². The molecule has 5 nitrogen and oxygen atoms in total. The number of likely N-dealkylation sites (tertiary alicyclic amines) is 1. The van der Waals surface area contributed by atoms with E-state index in [9.17, 15) is 4.79 Å². The summed E-state index contributed by atoms with van der Waals surface area (Å²) in [6, 6.07) is 4.47. The van der Waals surface area contributed by atoms with Crippen LogP contribution in [0.2, 0.25) is 0 Å². The molecule has 0 saturated carbocycles. The summed E-state index contributed by atoms with van der Waals surface area (Å²) < 4.78 is 17.8. The maximum absolute atomic E-state index is 11.8. The lowest BCUT2D eigenvalue weighted by Gasteiger charge is -2.64. The van der Waals surface area contributed by atoms with Crippen molar-refractivity contribution in [3.05, 3.63) is 35.4 Å². The van der Waals surface area contributed by atoms with Crippen LogP contribution in [0.3, 0.4) is 0 Å². The first-order chi connectivity index (χ1) is 12.8. The second-order valence-electron chi connectivity index (χ2n) is 8.35. The molecule has 2 heterocycles. The first kappa shape index (κ1) is 17.6. The van der Waals surface area contributed by atoms with Crippen molar-refractivity contribution in [2.24, 2.45) is 0 Å². The van der Waals surface area contributed by atoms with E-state index >= 15 is 0 Å². The van der Waals surface area contributed by atoms with Gasteiger partial charge < -0.3 is 19.1 Å². The number of hydrogen-bond acceptors (Lipinski definition) is 5. The number of alkyl halides is 1. The van der Waals surface area contributed by atoms with E-state index in [-0.39, 0.29) is 15.7 Å². The van der Waals surface area contributed by atoms with Gasteiger partial charge in [0.2, 0.25) is 0 Å². The van der Waals surface area contributed by atoms with Crippen molar-refractivity contribution in [2.75, 3.05) is 20.7 Å². The van der Waals surface area contributed by atoms with E-state index in [1.165, 1.54) is 18.1 Å². The van der Waals surface area contributed by atoms with Gasteiger partial charge in [0, 0.05) is 18.5 Å². The minimum Gasteiger partial charge on any atom is -0.493 e. The highest BCUT2D eigenvalue weighted by molar-refractivity contribution is 9.10. The van der Waals surface area contributed by atoms with Gasteiger partial charge in [-0.15, -0.1) is 0 Å². The molecule has 144 valence electrons. The molecule has 5 rings (SSSR count). The third-order valence-electron chi connectivity index (χ3n) is 7.29. The Morgan fingerprint density at radius 1 is 1.41 bits per heavy atom. The highest BCUT2D eigenvalue weighted by Gasteiger charge is 2.76. The molecule has 1 spiro atoms. The van der Waals surface area contributed by atoms with Crippen molar-refractivity contribution in [2.45, 2.75) is 54.2 Å². The predicted molar refractivity (Wildman–Crippen MR) is 105 cm³/mol. The number of nitrogens with zero attached hydrogens (tertiary/aromatic N) is 1. The van der Waals surface area contributed by atoms with Gasteiger partial charge in [0.05, 0.1) is 16.8 Å². The first-order valence-electron chi connectivity index (χ1n) is 9.43. The summed E-state index contributed by atoms with van der Waals surface area (Å²) in [6.07, 6.45) is 5.62. The first-order valence-corrected chi connectivity index (χ1v) is 10.2. The molecule has 0 radical (unpaired) electrons. The van der Waals surface area contributed by atoms with Crippen LogP contribution in [-0.4, -0.2) is 53.6 Å². The largest absolute Gasteiger partial charge is 0.493 e. The van der Waals surface area contributed by atoms with Crippen LogP contribution in [-0.2, 0) is 21.4 Å². The van der Waals surface area contributed by atoms with Gasteiger partial charge in [-0.1, -0.05) is 28.1 Å². The maximum Gasteiger partial charge on any atom is 0.303 e. The molecule has 0 N–H and O–H groups in total. The molecule has 6 heteroatoms. The van der Waals surface area contributed by atoms with E-state index in [1.54, 1.807) is 7.11 Å². The van der Waals surface area contributed by atoms with Crippen LogP contribution in [0.15, 0.2) is 24.3 Å². The minimum atomic E-state index is -0.706. The lowest BCUT2D eigenvalue weighted by molar-refractivity contribution is -0.163. The number of ether oxygens (including phenoxy) is 3. The Kier molecular flexibility index (Phi) is 3.44. The average Bonchev–Trinajstić information content (AvgIpc) is 2.89. The van der Waals surface area contributed by atoms with Gasteiger partial charge >= 0.3 is 5.97 Å². The topological polar surface area (TPSA) is 48.0 Å². The molecule has 27 heavy (non-hydrogen) atoms. The Balaban J connectivity index is 1.84. The molecule has 0 aromatic heterocycles. The van der Waals surface area contributed by atoms with Gasteiger partial charge in [-0.25, -0.2) is 0 Å². The number of hydrogen-bond donors (Lipinski definition) is 0. The number of piperidine rings is 1. The molecule has 4 aliphatic rings. The highest BCUT2D eigenvalue weighted by Crippen LogP contribution is 2.70. The van der Waals surface area contributed by atoms with Crippen LogP contribution in [0.1, 0.15) is 31.4 Å². The van der Waals surface area contributed by atoms with Gasteiger partial charge in [-0.2, -0.15) is 0 Å². The molecular weight excluding hydrogens is 410 g/mol. The van der Waals surface area contributed by atoms with E-state index < -0.39 is 11.7 Å². The van der Waals surface area contributed by atoms with E-state index in [4.69, 9.17) is 14.2 Å². The molecular formula is C21H24BrNO4. The molecule has 0 unspecified atom stereocenters. The lowest BCUT2D eigenvalue weighted by Crippen LogP contribution is -2.76. The third kappa shape index (κ3) is 1.82. The number of carbonyl (C=O) groups is 1.